The molecule has 0 aliphatic heterocycles. The summed E-state index contributed by atoms with van der Waals surface area (Å²) in [5, 5.41) is 8.46. The van der Waals surface area contributed by atoms with E-state index < -0.39 is 6.43 Å². The Morgan fingerprint density at radius 2 is 1.92 bits per heavy atom. The number of halogens is 2. The van der Waals surface area contributed by atoms with Crippen LogP contribution in [0.3, 0.4) is 0 Å². The van der Waals surface area contributed by atoms with Crippen molar-refractivity contribution in [2.45, 2.75) is 13.3 Å². The van der Waals surface area contributed by atoms with Crippen LogP contribution in [-0.2, 0) is 7.05 Å². The minimum atomic E-state index is -2.68. The van der Waals surface area contributed by atoms with Gasteiger partial charge in [-0.25, -0.2) is 13.8 Å². The van der Waals surface area contributed by atoms with E-state index in [0.717, 1.165) is 0 Å². The molecular weight excluding hydrogens is 326 g/mol. The molecule has 0 fully saturated rings. The van der Waals surface area contributed by atoms with Gasteiger partial charge in [0.05, 0.1) is 16.8 Å². The van der Waals surface area contributed by atoms with Gasteiger partial charge in [0.1, 0.15) is 5.69 Å². The first-order valence-corrected chi connectivity index (χ1v) is 7.69. The Labute approximate surface area is 141 Å². The van der Waals surface area contributed by atoms with Crippen molar-refractivity contribution in [1.82, 2.24) is 19.9 Å². The van der Waals surface area contributed by atoms with E-state index in [9.17, 15) is 8.78 Å². The third kappa shape index (κ3) is 2.57. The maximum atomic E-state index is 13.8. The van der Waals surface area contributed by atoms with Crippen LogP contribution in [0.15, 0.2) is 47.1 Å². The van der Waals surface area contributed by atoms with Gasteiger partial charge in [0.15, 0.2) is 0 Å². The molecule has 0 atom stereocenters. The summed E-state index contributed by atoms with van der Waals surface area (Å²) in [7, 11) is 1.77. The maximum absolute atomic E-state index is 13.8. The van der Waals surface area contributed by atoms with E-state index in [-0.39, 0.29) is 16.7 Å². The molecule has 0 saturated carbocycles. The lowest BCUT2D eigenvalue weighted by molar-refractivity contribution is 0.153. The number of rotatable bonds is 3. The van der Waals surface area contributed by atoms with Gasteiger partial charge >= 0.3 is 0 Å². The Kier molecular flexibility index (Phi) is 3.56. The number of benzene rings is 1. The zero-order chi connectivity index (χ0) is 17.6. The van der Waals surface area contributed by atoms with Crippen LogP contribution in [0.5, 0.6) is 0 Å². The Morgan fingerprint density at radius 1 is 1.16 bits per heavy atom. The fourth-order valence-corrected chi connectivity index (χ4v) is 2.93. The molecule has 0 radical (unpaired) electrons. The second-order valence-corrected chi connectivity index (χ2v) is 5.78. The highest BCUT2D eigenvalue weighted by Crippen LogP contribution is 2.37. The Morgan fingerprint density at radius 3 is 2.56 bits per heavy atom. The van der Waals surface area contributed by atoms with Crippen molar-refractivity contribution in [1.29, 1.82) is 0 Å². The largest absolute Gasteiger partial charge is 0.335 e. The molecule has 0 bridgehead atoms. The first-order valence-electron chi connectivity index (χ1n) is 7.69. The molecule has 0 saturated heterocycles. The number of aryl methyl sites for hydroxylation is 2. The molecule has 3 heterocycles. The fourth-order valence-electron chi connectivity index (χ4n) is 2.93. The molecule has 126 valence electrons. The van der Waals surface area contributed by atoms with E-state index in [2.05, 4.69) is 15.2 Å². The standard InChI is InChI=1S/C18H14F2N4O/c1-10-13(9-24(2)22-10)14-8-12(17(19)20)15-16(23-25-18(15)21-14)11-6-4-3-5-7-11/h3-9,17H,1-2H3. The lowest BCUT2D eigenvalue weighted by Crippen LogP contribution is -1.93. The molecule has 1 aromatic carbocycles. The average molecular weight is 340 g/mol. The lowest BCUT2D eigenvalue weighted by atomic mass is 10.0. The Balaban J connectivity index is 1.98. The molecule has 4 aromatic rings. The predicted octanol–water partition coefficient (Wildman–Crippen LogP) is 4.54. The van der Waals surface area contributed by atoms with E-state index in [1.165, 1.54) is 6.07 Å². The Hall–Kier alpha value is -3.09. The zero-order valence-corrected chi connectivity index (χ0v) is 13.6. The summed E-state index contributed by atoms with van der Waals surface area (Å²) in [5.41, 5.74) is 2.80. The number of hydrogen-bond acceptors (Lipinski definition) is 4. The van der Waals surface area contributed by atoms with Gasteiger partial charge in [-0.05, 0) is 13.0 Å². The van der Waals surface area contributed by atoms with Crippen molar-refractivity contribution in [3.63, 3.8) is 0 Å². The topological polar surface area (TPSA) is 56.7 Å². The molecule has 0 N–H and O–H groups in total. The Bertz CT molecular complexity index is 1050. The number of alkyl halides is 2. The molecule has 25 heavy (non-hydrogen) atoms. The van der Waals surface area contributed by atoms with Gasteiger partial charge in [-0.15, -0.1) is 0 Å². The first kappa shape index (κ1) is 15.4. The molecule has 0 spiro atoms. The normalized spacial score (nSPS) is 11.6. The van der Waals surface area contributed by atoms with Crippen LogP contribution in [0.25, 0.3) is 33.6 Å². The van der Waals surface area contributed by atoms with Gasteiger partial charge in [-0.1, -0.05) is 35.5 Å². The van der Waals surface area contributed by atoms with Crippen LogP contribution < -0.4 is 0 Å². The second-order valence-electron chi connectivity index (χ2n) is 5.78. The summed E-state index contributed by atoms with van der Waals surface area (Å²) in [5.74, 6) is 0. The van der Waals surface area contributed by atoms with Gasteiger partial charge in [0.2, 0.25) is 0 Å². The van der Waals surface area contributed by atoms with Gasteiger partial charge in [0, 0.05) is 29.9 Å². The molecule has 3 aromatic heterocycles. The summed E-state index contributed by atoms with van der Waals surface area (Å²) in [4.78, 5) is 4.39. The highest BCUT2D eigenvalue weighted by molar-refractivity contribution is 5.94. The summed E-state index contributed by atoms with van der Waals surface area (Å²) < 4.78 is 34.4. The van der Waals surface area contributed by atoms with Crippen molar-refractivity contribution >= 4 is 11.1 Å². The number of nitrogens with zero attached hydrogens (tertiary/aromatic N) is 4. The fraction of sp³-hybridized carbons (Fsp3) is 0.167. The van der Waals surface area contributed by atoms with Crippen LogP contribution in [0.4, 0.5) is 8.78 Å². The van der Waals surface area contributed by atoms with E-state index in [1.54, 1.807) is 37.0 Å². The summed E-state index contributed by atoms with van der Waals surface area (Å²) in [6.07, 6.45) is -0.934. The smallest absolute Gasteiger partial charge is 0.264 e. The SMILES string of the molecule is Cc1nn(C)cc1-c1cc(C(F)F)c2c(-c3ccccc3)noc2n1. The summed E-state index contributed by atoms with van der Waals surface area (Å²) in [6, 6.07) is 10.5. The minimum Gasteiger partial charge on any atom is -0.335 e. The second kappa shape index (κ2) is 5.77. The van der Waals surface area contributed by atoms with E-state index in [1.807, 2.05) is 18.2 Å². The van der Waals surface area contributed by atoms with Crippen LogP contribution in [-0.4, -0.2) is 19.9 Å². The predicted molar refractivity (Wildman–Crippen MR) is 89.1 cm³/mol. The van der Waals surface area contributed by atoms with E-state index >= 15 is 0 Å². The molecule has 0 amide bonds. The number of fused-ring (bicyclic) bond motifs is 1. The van der Waals surface area contributed by atoms with Crippen LogP contribution in [0, 0.1) is 6.92 Å². The zero-order valence-electron chi connectivity index (χ0n) is 13.6. The van der Waals surface area contributed by atoms with Crippen molar-refractivity contribution in [2.75, 3.05) is 0 Å². The van der Waals surface area contributed by atoms with Crippen LogP contribution >= 0.6 is 0 Å². The highest BCUT2D eigenvalue weighted by atomic mass is 19.3. The molecule has 0 aliphatic rings. The molecule has 4 rings (SSSR count). The van der Waals surface area contributed by atoms with Crippen molar-refractivity contribution in [3.05, 3.63) is 53.9 Å². The van der Waals surface area contributed by atoms with Crippen molar-refractivity contribution in [3.8, 4) is 22.5 Å². The van der Waals surface area contributed by atoms with Crippen LogP contribution in [0.2, 0.25) is 0 Å². The molecule has 5 nitrogen and oxygen atoms in total. The number of pyridine rings is 1. The maximum Gasteiger partial charge on any atom is 0.264 e. The van der Waals surface area contributed by atoms with Crippen molar-refractivity contribution in [2.24, 2.45) is 7.05 Å². The van der Waals surface area contributed by atoms with Gasteiger partial charge in [0.25, 0.3) is 12.1 Å². The van der Waals surface area contributed by atoms with Crippen molar-refractivity contribution < 1.29 is 13.3 Å². The summed E-state index contributed by atoms with van der Waals surface area (Å²) >= 11 is 0. The summed E-state index contributed by atoms with van der Waals surface area (Å²) in [6.45, 7) is 1.80. The van der Waals surface area contributed by atoms with E-state index in [0.29, 0.717) is 28.2 Å². The third-order valence-corrected chi connectivity index (χ3v) is 4.05. The minimum absolute atomic E-state index is 0.0925. The number of aromatic nitrogens is 4. The van der Waals surface area contributed by atoms with Gasteiger partial charge < -0.3 is 4.52 Å². The monoisotopic (exact) mass is 340 g/mol. The lowest BCUT2D eigenvalue weighted by Gasteiger charge is -2.06. The first-order chi connectivity index (χ1) is 12.0. The third-order valence-electron chi connectivity index (χ3n) is 4.05. The van der Waals surface area contributed by atoms with Gasteiger partial charge in [-0.3, -0.25) is 4.68 Å². The highest BCUT2D eigenvalue weighted by Gasteiger charge is 2.23. The molecule has 0 aliphatic carbocycles. The van der Waals surface area contributed by atoms with E-state index in [4.69, 9.17) is 4.52 Å². The quantitative estimate of drug-likeness (QED) is 0.549. The molecule has 7 heteroatoms. The average Bonchev–Trinajstić information content (AvgIpc) is 3.17. The van der Waals surface area contributed by atoms with Crippen LogP contribution in [0.1, 0.15) is 17.7 Å². The van der Waals surface area contributed by atoms with Gasteiger partial charge in [-0.2, -0.15) is 5.10 Å². The number of hydrogen-bond donors (Lipinski definition) is 0. The molecular formula is C18H14F2N4O. The molecule has 0 unspecified atom stereocenters.